The van der Waals surface area contributed by atoms with Gasteiger partial charge in [0.2, 0.25) is 0 Å². The van der Waals surface area contributed by atoms with Crippen LogP contribution >= 0.6 is 0 Å². The van der Waals surface area contributed by atoms with E-state index >= 15 is 0 Å². The zero-order valence-corrected chi connectivity index (χ0v) is 14.6. The number of pyridine rings is 1. The first-order valence-corrected chi connectivity index (χ1v) is 8.37. The van der Waals surface area contributed by atoms with Crippen molar-refractivity contribution in [3.05, 3.63) is 53.9 Å². The Bertz CT molecular complexity index is 702. The predicted octanol–water partition coefficient (Wildman–Crippen LogP) is 3.42. The number of hydrogen-bond donors (Lipinski definition) is 1. The van der Waals surface area contributed by atoms with Crippen LogP contribution < -0.4 is 14.9 Å². The second-order valence-electron chi connectivity index (χ2n) is 5.33. The number of rotatable bonds is 9. The molecule has 2 rings (SSSR count). The number of nitrogens with zero attached hydrogens (tertiary/aromatic N) is 2. The zero-order valence-electron chi connectivity index (χ0n) is 14.6. The maximum absolute atomic E-state index is 12.0. The van der Waals surface area contributed by atoms with Crippen molar-refractivity contribution in [2.45, 2.75) is 26.7 Å². The molecule has 0 atom stereocenters. The molecule has 0 aliphatic carbocycles. The van der Waals surface area contributed by atoms with E-state index < -0.39 is 0 Å². The highest BCUT2D eigenvalue weighted by molar-refractivity contribution is 5.94. The molecule has 0 saturated heterocycles. The average molecular weight is 341 g/mol. The molecular weight excluding hydrogens is 318 g/mol. The summed E-state index contributed by atoms with van der Waals surface area (Å²) < 4.78 is 11.4. The number of hydrogen-bond acceptors (Lipinski definition) is 5. The number of carbonyl (C=O) groups is 1. The van der Waals surface area contributed by atoms with Crippen LogP contribution in [0.15, 0.2) is 47.8 Å². The molecule has 0 bridgehead atoms. The van der Waals surface area contributed by atoms with Gasteiger partial charge in [0.15, 0.2) is 0 Å². The number of aromatic nitrogens is 1. The van der Waals surface area contributed by atoms with Gasteiger partial charge in [-0.3, -0.25) is 9.78 Å². The smallest absolute Gasteiger partial charge is 0.271 e. The summed E-state index contributed by atoms with van der Waals surface area (Å²) in [5.41, 5.74) is 3.76. The molecular formula is C19H23N3O3. The van der Waals surface area contributed by atoms with Gasteiger partial charge < -0.3 is 9.47 Å². The van der Waals surface area contributed by atoms with Crippen LogP contribution in [-0.2, 0) is 0 Å². The van der Waals surface area contributed by atoms with Gasteiger partial charge >= 0.3 is 0 Å². The van der Waals surface area contributed by atoms with Crippen LogP contribution in [0.25, 0.3) is 0 Å². The normalized spacial score (nSPS) is 10.6. The molecule has 0 unspecified atom stereocenters. The molecule has 25 heavy (non-hydrogen) atoms. The van der Waals surface area contributed by atoms with E-state index in [1.54, 1.807) is 30.7 Å². The fourth-order valence-electron chi connectivity index (χ4n) is 2.00. The van der Waals surface area contributed by atoms with Crippen LogP contribution in [-0.4, -0.2) is 30.3 Å². The monoisotopic (exact) mass is 341 g/mol. The van der Waals surface area contributed by atoms with Crippen LogP contribution in [0.2, 0.25) is 0 Å². The van der Waals surface area contributed by atoms with Gasteiger partial charge in [0.1, 0.15) is 11.5 Å². The second-order valence-corrected chi connectivity index (χ2v) is 5.33. The van der Waals surface area contributed by atoms with Crippen LogP contribution in [0, 0.1) is 0 Å². The minimum atomic E-state index is -0.294. The van der Waals surface area contributed by atoms with Crippen molar-refractivity contribution < 1.29 is 14.3 Å². The summed E-state index contributed by atoms with van der Waals surface area (Å²) in [7, 11) is 0. The second kappa shape index (κ2) is 10.1. The van der Waals surface area contributed by atoms with E-state index in [9.17, 15) is 4.79 Å². The van der Waals surface area contributed by atoms with Crippen molar-refractivity contribution >= 4 is 12.1 Å². The number of ether oxygens (including phenoxy) is 2. The summed E-state index contributed by atoms with van der Waals surface area (Å²) >= 11 is 0. The van der Waals surface area contributed by atoms with Crippen LogP contribution in [0.4, 0.5) is 0 Å². The maximum Gasteiger partial charge on any atom is 0.271 e. The van der Waals surface area contributed by atoms with E-state index in [2.05, 4.69) is 22.4 Å². The highest BCUT2D eigenvalue weighted by atomic mass is 16.5. The minimum Gasteiger partial charge on any atom is -0.493 e. The first-order valence-electron chi connectivity index (χ1n) is 8.37. The van der Waals surface area contributed by atoms with Crippen LogP contribution in [0.1, 0.15) is 42.6 Å². The standard InChI is InChI=1S/C19H23N3O3/c1-3-11-24-17-6-5-16(18(13-17)25-12-4-2)14-21-22-19(23)15-7-9-20-10-8-15/h5-10,13-14H,3-4,11-12H2,1-2H3,(H,22,23)/b21-14-. The maximum atomic E-state index is 12.0. The summed E-state index contributed by atoms with van der Waals surface area (Å²) in [6.45, 7) is 5.35. The van der Waals surface area contributed by atoms with Crippen LogP contribution in [0.5, 0.6) is 11.5 Å². The molecule has 1 amide bonds. The molecule has 1 heterocycles. The largest absolute Gasteiger partial charge is 0.493 e. The molecule has 0 spiro atoms. The Hall–Kier alpha value is -2.89. The summed E-state index contributed by atoms with van der Waals surface area (Å²) in [6, 6.07) is 8.82. The summed E-state index contributed by atoms with van der Waals surface area (Å²) in [4.78, 5) is 15.8. The molecule has 2 aromatic rings. The number of benzene rings is 1. The molecule has 1 aromatic heterocycles. The fraction of sp³-hybridized carbons (Fsp3) is 0.316. The van der Waals surface area contributed by atoms with E-state index in [1.165, 1.54) is 0 Å². The number of amides is 1. The summed E-state index contributed by atoms with van der Waals surface area (Å²) in [6.07, 6.45) is 6.52. The quantitative estimate of drug-likeness (QED) is 0.560. The van der Waals surface area contributed by atoms with Gasteiger partial charge in [-0.15, -0.1) is 0 Å². The van der Waals surface area contributed by atoms with E-state index in [0.717, 1.165) is 24.2 Å². The molecule has 0 radical (unpaired) electrons. The minimum absolute atomic E-state index is 0.294. The van der Waals surface area contributed by atoms with Crippen molar-refractivity contribution in [2.24, 2.45) is 5.10 Å². The molecule has 6 heteroatoms. The Morgan fingerprint density at radius 2 is 1.84 bits per heavy atom. The Kier molecular flexibility index (Phi) is 7.43. The average Bonchev–Trinajstić information content (AvgIpc) is 2.66. The number of carbonyl (C=O) groups excluding carboxylic acids is 1. The van der Waals surface area contributed by atoms with Gasteiger partial charge in [0, 0.05) is 29.6 Å². The van der Waals surface area contributed by atoms with E-state index in [0.29, 0.717) is 24.5 Å². The van der Waals surface area contributed by atoms with Gasteiger partial charge in [0.25, 0.3) is 5.91 Å². The molecule has 6 nitrogen and oxygen atoms in total. The first kappa shape index (κ1) is 18.4. The summed E-state index contributed by atoms with van der Waals surface area (Å²) in [5.74, 6) is 1.14. The lowest BCUT2D eigenvalue weighted by molar-refractivity contribution is 0.0955. The van der Waals surface area contributed by atoms with Crippen LogP contribution in [0.3, 0.4) is 0 Å². The highest BCUT2D eigenvalue weighted by Crippen LogP contribution is 2.24. The van der Waals surface area contributed by atoms with Crippen molar-refractivity contribution in [3.8, 4) is 11.5 Å². The molecule has 1 N–H and O–H groups in total. The Morgan fingerprint density at radius 3 is 2.56 bits per heavy atom. The Balaban J connectivity index is 2.07. The van der Waals surface area contributed by atoms with Crippen molar-refractivity contribution in [3.63, 3.8) is 0 Å². The molecule has 0 saturated carbocycles. The first-order chi connectivity index (χ1) is 12.2. The topological polar surface area (TPSA) is 72.8 Å². The molecule has 0 fully saturated rings. The van der Waals surface area contributed by atoms with Crippen molar-refractivity contribution in [1.29, 1.82) is 0 Å². The SMILES string of the molecule is CCCOc1ccc(/C=N\NC(=O)c2ccncc2)c(OCCC)c1. The summed E-state index contributed by atoms with van der Waals surface area (Å²) in [5, 5.41) is 4.01. The highest BCUT2D eigenvalue weighted by Gasteiger charge is 2.06. The Labute approximate surface area is 147 Å². The lowest BCUT2D eigenvalue weighted by atomic mass is 10.2. The lowest BCUT2D eigenvalue weighted by Crippen LogP contribution is -2.17. The predicted molar refractivity (Wildman–Crippen MR) is 97.3 cm³/mol. The lowest BCUT2D eigenvalue weighted by Gasteiger charge is -2.11. The van der Waals surface area contributed by atoms with Gasteiger partial charge in [-0.05, 0) is 37.1 Å². The fourth-order valence-corrected chi connectivity index (χ4v) is 2.00. The van der Waals surface area contributed by atoms with E-state index in [1.807, 2.05) is 25.1 Å². The molecule has 0 aliphatic rings. The van der Waals surface area contributed by atoms with Gasteiger partial charge in [0.05, 0.1) is 19.4 Å². The number of hydrazone groups is 1. The van der Waals surface area contributed by atoms with Gasteiger partial charge in [-0.1, -0.05) is 13.8 Å². The number of nitrogens with one attached hydrogen (secondary N) is 1. The van der Waals surface area contributed by atoms with Gasteiger partial charge in [-0.2, -0.15) is 5.10 Å². The van der Waals surface area contributed by atoms with E-state index in [-0.39, 0.29) is 5.91 Å². The van der Waals surface area contributed by atoms with Gasteiger partial charge in [-0.25, -0.2) is 5.43 Å². The third-order valence-electron chi connectivity index (χ3n) is 3.23. The molecule has 0 aliphatic heterocycles. The van der Waals surface area contributed by atoms with Crippen molar-refractivity contribution in [1.82, 2.24) is 10.4 Å². The zero-order chi connectivity index (χ0) is 17.9. The van der Waals surface area contributed by atoms with Crippen molar-refractivity contribution in [2.75, 3.05) is 13.2 Å². The Morgan fingerprint density at radius 1 is 1.12 bits per heavy atom. The third-order valence-corrected chi connectivity index (χ3v) is 3.23. The van der Waals surface area contributed by atoms with E-state index in [4.69, 9.17) is 9.47 Å². The molecule has 132 valence electrons. The third kappa shape index (κ3) is 5.91. The molecule has 1 aromatic carbocycles.